The molecule has 0 aliphatic rings. The lowest BCUT2D eigenvalue weighted by molar-refractivity contribution is -0.123. The van der Waals surface area contributed by atoms with Crippen LogP contribution in [0.4, 0.5) is 0 Å². The van der Waals surface area contributed by atoms with Crippen molar-refractivity contribution >= 4 is 23.7 Å². The highest BCUT2D eigenvalue weighted by atomic mass is 35.5. The number of benzene rings is 2. The number of hydrogen-bond donors (Lipinski definition) is 1. The number of nitrogens with zero attached hydrogens (tertiary/aromatic N) is 1. The van der Waals surface area contributed by atoms with Gasteiger partial charge in [-0.1, -0.05) is 11.6 Å². The minimum absolute atomic E-state index is 0.124. The van der Waals surface area contributed by atoms with Crippen LogP contribution in [0.2, 0.25) is 5.02 Å². The minimum Gasteiger partial charge on any atom is -0.494 e. The van der Waals surface area contributed by atoms with Crippen LogP contribution in [-0.4, -0.2) is 25.3 Å². The number of hydrogen-bond acceptors (Lipinski definition) is 4. The zero-order chi connectivity index (χ0) is 18.2. The summed E-state index contributed by atoms with van der Waals surface area (Å²) in [6.07, 6.45) is 1.56. The van der Waals surface area contributed by atoms with Crippen LogP contribution in [0.3, 0.4) is 0 Å². The standard InChI is InChI=1S/C19H21ClN2O3/c1-4-24-16-7-5-15(6-8-16)11-21-22-18(23)12-25-17-9-13(2)19(20)14(3)10-17/h5-11H,4,12H2,1-3H3,(H,22,23)/b21-11+. The molecule has 2 aromatic carbocycles. The van der Waals surface area contributed by atoms with Gasteiger partial charge in [-0.2, -0.15) is 5.10 Å². The Kier molecular flexibility index (Phi) is 6.83. The maximum Gasteiger partial charge on any atom is 0.277 e. The highest BCUT2D eigenvalue weighted by Crippen LogP contribution is 2.25. The van der Waals surface area contributed by atoms with Crippen LogP contribution in [-0.2, 0) is 4.79 Å². The largest absolute Gasteiger partial charge is 0.494 e. The first kappa shape index (κ1) is 18.8. The van der Waals surface area contributed by atoms with Gasteiger partial charge in [0.2, 0.25) is 0 Å². The van der Waals surface area contributed by atoms with Crippen molar-refractivity contribution in [1.29, 1.82) is 0 Å². The van der Waals surface area contributed by atoms with Crippen molar-refractivity contribution in [3.05, 3.63) is 58.1 Å². The fourth-order valence-corrected chi connectivity index (χ4v) is 2.28. The van der Waals surface area contributed by atoms with Gasteiger partial charge in [-0.15, -0.1) is 0 Å². The van der Waals surface area contributed by atoms with Gasteiger partial charge in [-0.05, 0) is 73.9 Å². The molecular formula is C19H21ClN2O3. The molecule has 0 saturated carbocycles. The fraction of sp³-hybridized carbons (Fsp3) is 0.263. The first-order chi connectivity index (χ1) is 12.0. The van der Waals surface area contributed by atoms with E-state index >= 15 is 0 Å². The third kappa shape index (κ3) is 5.80. The maximum absolute atomic E-state index is 11.8. The summed E-state index contributed by atoms with van der Waals surface area (Å²) < 4.78 is 10.8. The van der Waals surface area contributed by atoms with Gasteiger partial charge >= 0.3 is 0 Å². The maximum atomic E-state index is 11.8. The molecule has 0 bridgehead atoms. The van der Waals surface area contributed by atoms with Crippen molar-refractivity contribution in [3.63, 3.8) is 0 Å². The van der Waals surface area contributed by atoms with Crippen LogP contribution in [0, 0.1) is 13.8 Å². The highest BCUT2D eigenvalue weighted by molar-refractivity contribution is 6.32. The Hall–Kier alpha value is -2.53. The zero-order valence-electron chi connectivity index (χ0n) is 14.5. The lowest BCUT2D eigenvalue weighted by Crippen LogP contribution is -2.24. The van der Waals surface area contributed by atoms with Crippen LogP contribution in [0.15, 0.2) is 41.5 Å². The number of aryl methyl sites for hydroxylation is 2. The van der Waals surface area contributed by atoms with Crippen molar-refractivity contribution < 1.29 is 14.3 Å². The summed E-state index contributed by atoms with van der Waals surface area (Å²) in [5, 5.41) is 4.62. The fourth-order valence-electron chi connectivity index (χ4n) is 2.17. The summed E-state index contributed by atoms with van der Waals surface area (Å²) in [4.78, 5) is 11.8. The predicted octanol–water partition coefficient (Wildman–Crippen LogP) is 3.88. The smallest absolute Gasteiger partial charge is 0.277 e. The third-order valence-electron chi connectivity index (χ3n) is 3.37. The van der Waals surface area contributed by atoms with Crippen molar-refractivity contribution in [2.75, 3.05) is 13.2 Å². The van der Waals surface area contributed by atoms with Crippen LogP contribution >= 0.6 is 11.6 Å². The number of halogens is 1. The van der Waals surface area contributed by atoms with Gasteiger partial charge in [0.05, 0.1) is 12.8 Å². The summed E-state index contributed by atoms with van der Waals surface area (Å²) in [6, 6.07) is 11.0. The van der Waals surface area contributed by atoms with Crippen LogP contribution in [0.1, 0.15) is 23.6 Å². The molecular weight excluding hydrogens is 340 g/mol. The quantitative estimate of drug-likeness (QED) is 0.602. The topological polar surface area (TPSA) is 59.9 Å². The van der Waals surface area contributed by atoms with E-state index in [0.717, 1.165) is 22.4 Å². The van der Waals surface area contributed by atoms with E-state index in [9.17, 15) is 4.79 Å². The van der Waals surface area contributed by atoms with E-state index in [0.29, 0.717) is 17.4 Å². The molecule has 1 N–H and O–H groups in total. The summed E-state index contributed by atoms with van der Waals surface area (Å²) in [5.41, 5.74) is 5.10. The molecule has 0 heterocycles. The van der Waals surface area contributed by atoms with Crippen LogP contribution in [0.5, 0.6) is 11.5 Å². The van der Waals surface area contributed by atoms with E-state index in [1.807, 2.05) is 45.0 Å². The predicted molar refractivity (Wildman–Crippen MR) is 99.8 cm³/mol. The summed E-state index contributed by atoms with van der Waals surface area (Å²) in [5.74, 6) is 1.06. The molecule has 0 fully saturated rings. The van der Waals surface area contributed by atoms with E-state index in [-0.39, 0.29) is 12.5 Å². The Morgan fingerprint density at radius 3 is 2.36 bits per heavy atom. The number of carbonyl (C=O) groups excluding carboxylic acids is 1. The molecule has 0 saturated heterocycles. The molecule has 0 aliphatic heterocycles. The Morgan fingerprint density at radius 1 is 1.12 bits per heavy atom. The SMILES string of the molecule is CCOc1ccc(/C=N/NC(=O)COc2cc(C)c(Cl)c(C)c2)cc1. The monoisotopic (exact) mass is 360 g/mol. The second-order valence-corrected chi connectivity index (χ2v) is 5.83. The van der Waals surface area contributed by atoms with E-state index in [1.165, 1.54) is 0 Å². The lowest BCUT2D eigenvalue weighted by Gasteiger charge is -2.09. The Bertz CT molecular complexity index is 735. The number of carbonyl (C=O) groups is 1. The Morgan fingerprint density at radius 2 is 1.76 bits per heavy atom. The third-order valence-corrected chi connectivity index (χ3v) is 3.97. The van der Waals surface area contributed by atoms with Crippen LogP contribution in [0.25, 0.3) is 0 Å². The molecule has 1 amide bonds. The van der Waals surface area contributed by atoms with Gasteiger partial charge in [0.25, 0.3) is 5.91 Å². The number of amides is 1. The molecule has 5 nitrogen and oxygen atoms in total. The molecule has 0 atom stereocenters. The highest BCUT2D eigenvalue weighted by Gasteiger charge is 2.06. The molecule has 0 aromatic heterocycles. The molecule has 6 heteroatoms. The van der Waals surface area contributed by atoms with Gasteiger partial charge in [-0.3, -0.25) is 4.79 Å². The number of rotatable bonds is 7. The molecule has 2 aromatic rings. The molecule has 0 radical (unpaired) electrons. The van der Waals surface area contributed by atoms with Gasteiger partial charge in [0.15, 0.2) is 6.61 Å². The second kappa shape index (κ2) is 9.08. The zero-order valence-corrected chi connectivity index (χ0v) is 15.3. The van der Waals surface area contributed by atoms with E-state index in [4.69, 9.17) is 21.1 Å². The van der Waals surface area contributed by atoms with Crippen LogP contribution < -0.4 is 14.9 Å². The Labute approximate surface area is 152 Å². The first-order valence-corrected chi connectivity index (χ1v) is 8.31. The van der Waals surface area contributed by atoms with Gasteiger partial charge in [0.1, 0.15) is 11.5 Å². The summed E-state index contributed by atoms with van der Waals surface area (Å²) >= 11 is 6.10. The van der Waals surface area contributed by atoms with Crippen molar-refractivity contribution in [2.45, 2.75) is 20.8 Å². The number of hydrazone groups is 1. The normalized spacial score (nSPS) is 10.7. The average molecular weight is 361 g/mol. The molecule has 2 rings (SSSR count). The van der Waals surface area contributed by atoms with E-state index in [2.05, 4.69) is 10.5 Å². The molecule has 0 aliphatic carbocycles. The molecule has 25 heavy (non-hydrogen) atoms. The number of nitrogens with one attached hydrogen (secondary N) is 1. The van der Waals surface area contributed by atoms with Gasteiger partial charge < -0.3 is 9.47 Å². The molecule has 132 valence electrons. The van der Waals surface area contributed by atoms with Gasteiger partial charge in [0, 0.05) is 5.02 Å². The van der Waals surface area contributed by atoms with Crippen molar-refractivity contribution in [2.24, 2.45) is 5.10 Å². The average Bonchev–Trinajstić information content (AvgIpc) is 2.59. The summed E-state index contributed by atoms with van der Waals surface area (Å²) in [6.45, 7) is 6.21. The van der Waals surface area contributed by atoms with Crippen molar-refractivity contribution in [1.82, 2.24) is 5.43 Å². The molecule has 0 spiro atoms. The number of ether oxygens (including phenoxy) is 2. The first-order valence-electron chi connectivity index (χ1n) is 7.94. The van der Waals surface area contributed by atoms with Crippen molar-refractivity contribution in [3.8, 4) is 11.5 Å². The van der Waals surface area contributed by atoms with E-state index < -0.39 is 0 Å². The van der Waals surface area contributed by atoms with E-state index in [1.54, 1.807) is 18.3 Å². The lowest BCUT2D eigenvalue weighted by atomic mass is 10.1. The minimum atomic E-state index is -0.340. The summed E-state index contributed by atoms with van der Waals surface area (Å²) in [7, 11) is 0. The Balaban J connectivity index is 1.82. The second-order valence-electron chi connectivity index (χ2n) is 5.45. The molecule has 0 unspecified atom stereocenters. The van der Waals surface area contributed by atoms with Gasteiger partial charge in [-0.25, -0.2) is 5.43 Å².